The number of carbonyl (C=O) groups is 1. The number of ether oxygens (including phenoxy) is 1. The van der Waals surface area contributed by atoms with E-state index in [1.165, 1.54) is 4.90 Å². The fourth-order valence-electron chi connectivity index (χ4n) is 1.54. The van der Waals surface area contributed by atoms with Gasteiger partial charge in [-0.1, -0.05) is 0 Å². The number of nitrogens with zero attached hydrogens (tertiary/aromatic N) is 2. The van der Waals surface area contributed by atoms with E-state index in [1.807, 2.05) is 6.07 Å². The summed E-state index contributed by atoms with van der Waals surface area (Å²) in [5, 5.41) is 8.31. The minimum atomic E-state index is -3.39. The van der Waals surface area contributed by atoms with Crippen LogP contribution in [0.25, 0.3) is 0 Å². The third-order valence-corrected chi connectivity index (χ3v) is 4.05. The maximum Gasteiger partial charge on any atom is 0.237 e. The van der Waals surface area contributed by atoms with Crippen LogP contribution in [0.3, 0.4) is 0 Å². The summed E-state index contributed by atoms with van der Waals surface area (Å²) in [7, 11) is -3.39. The first-order valence-electron chi connectivity index (χ1n) is 5.48. The molecule has 1 saturated heterocycles. The molecule has 1 rings (SSSR count). The average molecular weight is 260 g/mol. The largest absolute Gasteiger partial charge is 0.378 e. The molecule has 0 aromatic carbocycles. The molecule has 1 aliphatic heterocycles. The predicted octanol–water partition coefficient (Wildman–Crippen LogP) is -0.436. The van der Waals surface area contributed by atoms with E-state index in [1.54, 1.807) is 0 Å². The number of carbonyl (C=O) groups excluding carboxylic acids is 1. The summed E-state index contributed by atoms with van der Waals surface area (Å²) in [6.45, 7) is 1.82. The zero-order chi connectivity index (χ0) is 12.7. The van der Waals surface area contributed by atoms with Crippen molar-refractivity contribution in [2.75, 3.05) is 37.8 Å². The fraction of sp³-hybridized carbons (Fsp3) is 0.800. The SMILES string of the molecule is N#CCCCS(=O)(=O)CC(=O)N1CCOCC1. The lowest BCUT2D eigenvalue weighted by Gasteiger charge is -2.26. The molecule has 0 bridgehead atoms. The van der Waals surface area contributed by atoms with Crippen LogP contribution in [-0.4, -0.2) is 57.0 Å². The molecule has 7 heteroatoms. The molecular formula is C10H16N2O4S. The summed E-state index contributed by atoms with van der Waals surface area (Å²) in [4.78, 5) is 13.2. The zero-order valence-electron chi connectivity index (χ0n) is 9.59. The second-order valence-electron chi connectivity index (χ2n) is 3.85. The Morgan fingerprint density at radius 2 is 2.00 bits per heavy atom. The van der Waals surface area contributed by atoms with E-state index < -0.39 is 15.6 Å². The van der Waals surface area contributed by atoms with Crippen molar-refractivity contribution < 1.29 is 17.9 Å². The van der Waals surface area contributed by atoms with Gasteiger partial charge < -0.3 is 9.64 Å². The number of amides is 1. The molecule has 0 aromatic rings. The van der Waals surface area contributed by atoms with Crippen LogP contribution < -0.4 is 0 Å². The summed E-state index contributed by atoms with van der Waals surface area (Å²) < 4.78 is 28.2. The molecule has 0 unspecified atom stereocenters. The van der Waals surface area contributed by atoms with Crippen LogP contribution in [0.4, 0.5) is 0 Å². The van der Waals surface area contributed by atoms with Crippen molar-refractivity contribution in [1.29, 1.82) is 5.26 Å². The monoisotopic (exact) mass is 260 g/mol. The second kappa shape index (κ2) is 6.57. The standard InChI is InChI=1S/C10H16N2O4S/c11-3-1-2-8-17(14,15)9-10(13)12-4-6-16-7-5-12/h1-2,4-9H2. The number of sulfone groups is 1. The Balaban J connectivity index is 2.41. The average Bonchev–Trinajstić information content (AvgIpc) is 2.30. The van der Waals surface area contributed by atoms with Gasteiger partial charge in [0.2, 0.25) is 5.91 Å². The van der Waals surface area contributed by atoms with Crippen molar-refractivity contribution in [3.8, 4) is 6.07 Å². The number of rotatable bonds is 5. The van der Waals surface area contributed by atoms with Crippen molar-refractivity contribution in [1.82, 2.24) is 4.90 Å². The van der Waals surface area contributed by atoms with Crippen molar-refractivity contribution in [2.45, 2.75) is 12.8 Å². The smallest absolute Gasteiger partial charge is 0.237 e. The molecule has 0 N–H and O–H groups in total. The molecule has 1 heterocycles. The highest BCUT2D eigenvalue weighted by atomic mass is 32.2. The van der Waals surface area contributed by atoms with Gasteiger partial charge in [0.15, 0.2) is 9.84 Å². The number of morpholine rings is 1. The molecule has 0 radical (unpaired) electrons. The molecule has 1 aliphatic rings. The predicted molar refractivity (Wildman–Crippen MR) is 60.9 cm³/mol. The van der Waals surface area contributed by atoms with E-state index in [0.29, 0.717) is 26.3 Å². The maximum atomic E-state index is 11.7. The number of hydrogen-bond acceptors (Lipinski definition) is 5. The number of unbranched alkanes of at least 4 members (excludes halogenated alkanes) is 1. The van der Waals surface area contributed by atoms with Gasteiger partial charge in [0.25, 0.3) is 0 Å². The molecule has 0 atom stereocenters. The van der Waals surface area contributed by atoms with Crippen LogP contribution in [0.2, 0.25) is 0 Å². The highest BCUT2D eigenvalue weighted by Gasteiger charge is 2.22. The van der Waals surface area contributed by atoms with Crippen LogP contribution in [0.5, 0.6) is 0 Å². The third kappa shape index (κ3) is 5.15. The first kappa shape index (κ1) is 13.9. The molecule has 1 amide bonds. The van der Waals surface area contributed by atoms with Crippen molar-refractivity contribution in [3.63, 3.8) is 0 Å². The first-order chi connectivity index (χ1) is 8.05. The summed E-state index contributed by atoms with van der Waals surface area (Å²) in [5.74, 6) is -0.931. The van der Waals surface area contributed by atoms with E-state index >= 15 is 0 Å². The summed E-state index contributed by atoms with van der Waals surface area (Å²) in [6.07, 6.45) is 0.486. The summed E-state index contributed by atoms with van der Waals surface area (Å²) in [5.41, 5.74) is 0. The molecular weight excluding hydrogens is 244 g/mol. The molecule has 17 heavy (non-hydrogen) atoms. The fourth-order valence-corrected chi connectivity index (χ4v) is 2.82. The minimum absolute atomic E-state index is 0.101. The molecule has 0 aliphatic carbocycles. The van der Waals surface area contributed by atoms with E-state index in [9.17, 15) is 13.2 Å². The van der Waals surface area contributed by atoms with Gasteiger partial charge in [-0.25, -0.2) is 8.42 Å². The first-order valence-corrected chi connectivity index (χ1v) is 7.30. The Morgan fingerprint density at radius 1 is 1.35 bits per heavy atom. The van der Waals surface area contributed by atoms with Crippen molar-refractivity contribution in [2.24, 2.45) is 0 Å². The van der Waals surface area contributed by atoms with Crippen molar-refractivity contribution in [3.05, 3.63) is 0 Å². The van der Waals surface area contributed by atoms with Gasteiger partial charge in [-0.05, 0) is 6.42 Å². The van der Waals surface area contributed by atoms with Crippen molar-refractivity contribution >= 4 is 15.7 Å². The topological polar surface area (TPSA) is 87.5 Å². The van der Waals surface area contributed by atoms with Crippen LogP contribution in [0.15, 0.2) is 0 Å². The highest BCUT2D eigenvalue weighted by Crippen LogP contribution is 2.02. The Labute approximate surface area is 101 Å². The lowest BCUT2D eigenvalue weighted by atomic mass is 10.4. The van der Waals surface area contributed by atoms with Gasteiger partial charge in [0, 0.05) is 19.5 Å². The Kier molecular flexibility index (Phi) is 5.38. The summed E-state index contributed by atoms with van der Waals surface area (Å²) >= 11 is 0. The van der Waals surface area contributed by atoms with Gasteiger partial charge in [0.1, 0.15) is 5.75 Å². The van der Waals surface area contributed by atoms with Gasteiger partial charge in [0.05, 0.1) is 25.0 Å². The quantitative estimate of drug-likeness (QED) is 0.626. The van der Waals surface area contributed by atoms with E-state index in [-0.39, 0.29) is 24.5 Å². The Hall–Kier alpha value is -1.13. The van der Waals surface area contributed by atoms with Crippen LogP contribution in [-0.2, 0) is 19.4 Å². The van der Waals surface area contributed by atoms with Crippen LogP contribution >= 0.6 is 0 Å². The van der Waals surface area contributed by atoms with E-state index in [2.05, 4.69) is 0 Å². The van der Waals surface area contributed by atoms with Gasteiger partial charge in [-0.2, -0.15) is 5.26 Å². The number of hydrogen-bond donors (Lipinski definition) is 0. The van der Waals surface area contributed by atoms with Gasteiger partial charge in [-0.3, -0.25) is 4.79 Å². The van der Waals surface area contributed by atoms with Crippen LogP contribution in [0, 0.1) is 11.3 Å². The summed E-state index contributed by atoms with van der Waals surface area (Å²) in [6, 6.07) is 1.88. The molecule has 0 aromatic heterocycles. The third-order valence-electron chi connectivity index (χ3n) is 2.45. The molecule has 0 saturated carbocycles. The normalized spacial score (nSPS) is 16.5. The Morgan fingerprint density at radius 3 is 2.59 bits per heavy atom. The highest BCUT2D eigenvalue weighted by molar-refractivity contribution is 7.92. The van der Waals surface area contributed by atoms with Crippen LogP contribution in [0.1, 0.15) is 12.8 Å². The zero-order valence-corrected chi connectivity index (χ0v) is 10.4. The second-order valence-corrected chi connectivity index (χ2v) is 6.03. The van der Waals surface area contributed by atoms with E-state index in [4.69, 9.17) is 10.00 Å². The maximum absolute atomic E-state index is 11.7. The molecule has 6 nitrogen and oxygen atoms in total. The number of nitriles is 1. The van der Waals surface area contributed by atoms with E-state index in [0.717, 1.165) is 0 Å². The lowest BCUT2D eigenvalue weighted by Crippen LogP contribution is -2.43. The molecule has 1 fully saturated rings. The van der Waals surface area contributed by atoms with Gasteiger partial charge in [-0.15, -0.1) is 0 Å². The minimum Gasteiger partial charge on any atom is -0.378 e. The van der Waals surface area contributed by atoms with Gasteiger partial charge >= 0.3 is 0 Å². The Bertz CT molecular complexity index is 393. The lowest BCUT2D eigenvalue weighted by molar-refractivity contribution is -0.132. The molecule has 96 valence electrons. The molecule has 0 spiro atoms.